The minimum atomic E-state index is -0.0284. The molecule has 2 nitrogen and oxygen atoms in total. The summed E-state index contributed by atoms with van der Waals surface area (Å²) >= 11 is 0. The number of carbonyl (C=O) groups is 1. The minimum absolute atomic E-state index is 0.0284. The fourth-order valence-corrected chi connectivity index (χ4v) is 2.17. The Morgan fingerprint density at radius 2 is 1.89 bits per heavy atom. The maximum Gasteiger partial charge on any atom is 0.309 e. The summed E-state index contributed by atoms with van der Waals surface area (Å²) in [5.41, 5.74) is 1.21. The molecule has 1 atom stereocenters. The maximum atomic E-state index is 12.1. The van der Waals surface area contributed by atoms with Crippen LogP contribution in [0.2, 0.25) is 0 Å². The first-order valence-electron chi connectivity index (χ1n) is 7.35. The van der Waals surface area contributed by atoms with E-state index in [1.54, 1.807) is 0 Å². The molecule has 19 heavy (non-hydrogen) atoms. The number of unbranched alkanes of at least 4 members (excludes halogenated alkanes) is 1. The second-order valence-electron chi connectivity index (χ2n) is 5.40. The molecule has 0 amide bonds. The van der Waals surface area contributed by atoms with Crippen molar-refractivity contribution in [2.24, 2.45) is 11.8 Å². The Balaban J connectivity index is 2.35. The molecule has 1 aromatic rings. The van der Waals surface area contributed by atoms with E-state index in [1.807, 2.05) is 18.2 Å². The molecular formula is C17H26O2. The van der Waals surface area contributed by atoms with E-state index in [-0.39, 0.29) is 11.9 Å². The smallest absolute Gasteiger partial charge is 0.309 e. The lowest BCUT2D eigenvalue weighted by molar-refractivity contribution is -0.150. The van der Waals surface area contributed by atoms with Crippen molar-refractivity contribution < 1.29 is 9.53 Å². The van der Waals surface area contributed by atoms with Gasteiger partial charge in [0.15, 0.2) is 0 Å². The van der Waals surface area contributed by atoms with Gasteiger partial charge in [0.1, 0.15) is 0 Å². The van der Waals surface area contributed by atoms with E-state index in [9.17, 15) is 4.79 Å². The van der Waals surface area contributed by atoms with Gasteiger partial charge in [-0.15, -0.1) is 0 Å². The molecule has 0 radical (unpaired) electrons. The van der Waals surface area contributed by atoms with Crippen LogP contribution in [0, 0.1) is 11.8 Å². The third-order valence-electron chi connectivity index (χ3n) is 3.45. The standard InChI is InChI=1S/C17H26O2/c1-4-5-11-16(14(2)3)17(18)19-13-12-15-9-7-6-8-10-15/h6-10,14,16H,4-5,11-13H2,1-3H3. The summed E-state index contributed by atoms with van der Waals surface area (Å²) in [6.45, 7) is 6.83. The van der Waals surface area contributed by atoms with E-state index < -0.39 is 0 Å². The molecule has 0 aliphatic rings. The first-order valence-corrected chi connectivity index (χ1v) is 7.35. The molecule has 0 heterocycles. The van der Waals surface area contributed by atoms with Crippen molar-refractivity contribution in [2.45, 2.75) is 46.5 Å². The van der Waals surface area contributed by atoms with Gasteiger partial charge in [0.2, 0.25) is 0 Å². The predicted molar refractivity (Wildman–Crippen MR) is 79.0 cm³/mol. The lowest BCUT2D eigenvalue weighted by Crippen LogP contribution is -2.23. The molecule has 1 unspecified atom stereocenters. The van der Waals surface area contributed by atoms with Gasteiger partial charge in [-0.2, -0.15) is 0 Å². The number of rotatable bonds is 8. The molecule has 0 N–H and O–H groups in total. The van der Waals surface area contributed by atoms with Crippen LogP contribution >= 0.6 is 0 Å². The fraction of sp³-hybridized carbons (Fsp3) is 0.588. The van der Waals surface area contributed by atoms with Gasteiger partial charge in [-0.05, 0) is 17.9 Å². The molecule has 106 valence electrons. The number of carbonyl (C=O) groups excluding carboxylic acids is 1. The normalized spacial score (nSPS) is 12.4. The largest absolute Gasteiger partial charge is 0.465 e. The first-order chi connectivity index (χ1) is 9.15. The van der Waals surface area contributed by atoms with Crippen molar-refractivity contribution >= 4 is 5.97 Å². The number of ether oxygens (including phenoxy) is 1. The zero-order chi connectivity index (χ0) is 14.1. The molecule has 2 heteroatoms. The van der Waals surface area contributed by atoms with Gasteiger partial charge in [-0.3, -0.25) is 4.79 Å². The van der Waals surface area contributed by atoms with E-state index in [2.05, 4.69) is 32.9 Å². The molecule has 0 saturated heterocycles. The Bertz CT molecular complexity index is 357. The van der Waals surface area contributed by atoms with Crippen molar-refractivity contribution in [1.29, 1.82) is 0 Å². The van der Waals surface area contributed by atoms with Crippen molar-refractivity contribution in [2.75, 3.05) is 6.61 Å². The summed E-state index contributed by atoms with van der Waals surface area (Å²) in [4.78, 5) is 12.1. The van der Waals surface area contributed by atoms with Crippen LogP contribution in [0.4, 0.5) is 0 Å². The SMILES string of the molecule is CCCCC(C(=O)OCCc1ccccc1)C(C)C. The van der Waals surface area contributed by atoms with Crippen molar-refractivity contribution in [3.05, 3.63) is 35.9 Å². The van der Waals surface area contributed by atoms with Gasteiger partial charge in [-0.1, -0.05) is 63.9 Å². The average molecular weight is 262 g/mol. The molecule has 0 aliphatic heterocycles. The second-order valence-corrected chi connectivity index (χ2v) is 5.40. The highest BCUT2D eigenvalue weighted by atomic mass is 16.5. The fourth-order valence-electron chi connectivity index (χ4n) is 2.17. The Morgan fingerprint density at radius 1 is 1.21 bits per heavy atom. The number of benzene rings is 1. The van der Waals surface area contributed by atoms with Gasteiger partial charge in [0, 0.05) is 6.42 Å². The van der Waals surface area contributed by atoms with Crippen LogP contribution in [-0.4, -0.2) is 12.6 Å². The zero-order valence-electron chi connectivity index (χ0n) is 12.4. The molecule has 1 rings (SSSR count). The molecule has 0 fully saturated rings. The lowest BCUT2D eigenvalue weighted by atomic mass is 9.91. The quantitative estimate of drug-likeness (QED) is 0.655. The van der Waals surface area contributed by atoms with Gasteiger partial charge in [-0.25, -0.2) is 0 Å². The van der Waals surface area contributed by atoms with Crippen LogP contribution in [0.5, 0.6) is 0 Å². The zero-order valence-corrected chi connectivity index (χ0v) is 12.4. The summed E-state index contributed by atoms with van der Waals surface area (Å²) in [5.74, 6) is 0.380. The maximum absolute atomic E-state index is 12.1. The Labute approximate surface area is 117 Å². The van der Waals surface area contributed by atoms with E-state index in [4.69, 9.17) is 4.74 Å². The van der Waals surface area contributed by atoms with E-state index in [0.717, 1.165) is 25.7 Å². The summed E-state index contributed by atoms with van der Waals surface area (Å²) in [5, 5.41) is 0. The van der Waals surface area contributed by atoms with Crippen LogP contribution in [0.15, 0.2) is 30.3 Å². The van der Waals surface area contributed by atoms with Gasteiger partial charge < -0.3 is 4.74 Å². The summed E-state index contributed by atoms with van der Waals surface area (Å²) in [6, 6.07) is 10.1. The third kappa shape index (κ3) is 5.91. The highest BCUT2D eigenvalue weighted by Gasteiger charge is 2.22. The third-order valence-corrected chi connectivity index (χ3v) is 3.45. The topological polar surface area (TPSA) is 26.3 Å². The van der Waals surface area contributed by atoms with Crippen molar-refractivity contribution in [3.63, 3.8) is 0 Å². The minimum Gasteiger partial charge on any atom is -0.465 e. The van der Waals surface area contributed by atoms with Crippen LogP contribution in [0.25, 0.3) is 0 Å². The Hall–Kier alpha value is -1.31. The van der Waals surface area contributed by atoms with Crippen LogP contribution in [0.1, 0.15) is 45.6 Å². The van der Waals surface area contributed by atoms with Gasteiger partial charge >= 0.3 is 5.97 Å². The first kappa shape index (κ1) is 15.7. The Morgan fingerprint density at radius 3 is 2.47 bits per heavy atom. The highest BCUT2D eigenvalue weighted by molar-refractivity contribution is 5.72. The number of hydrogen-bond donors (Lipinski definition) is 0. The van der Waals surface area contributed by atoms with Crippen LogP contribution < -0.4 is 0 Å². The van der Waals surface area contributed by atoms with E-state index in [1.165, 1.54) is 5.56 Å². The monoisotopic (exact) mass is 262 g/mol. The number of esters is 1. The molecule has 1 aromatic carbocycles. The predicted octanol–water partition coefficient (Wildman–Crippen LogP) is 4.23. The van der Waals surface area contributed by atoms with Gasteiger partial charge in [0.05, 0.1) is 12.5 Å². The number of hydrogen-bond acceptors (Lipinski definition) is 2. The van der Waals surface area contributed by atoms with Crippen molar-refractivity contribution in [3.8, 4) is 0 Å². The second kappa shape index (κ2) is 8.73. The van der Waals surface area contributed by atoms with Crippen molar-refractivity contribution in [1.82, 2.24) is 0 Å². The molecule has 0 spiro atoms. The van der Waals surface area contributed by atoms with Crippen LogP contribution in [0.3, 0.4) is 0 Å². The molecular weight excluding hydrogens is 236 g/mol. The average Bonchev–Trinajstić information content (AvgIpc) is 2.40. The molecule has 0 aromatic heterocycles. The Kier molecular flexibility index (Phi) is 7.24. The van der Waals surface area contributed by atoms with E-state index >= 15 is 0 Å². The summed E-state index contributed by atoms with van der Waals surface area (Å²) < 4.78 is 5.43. The van der Waals surface area contributed by atoms with E-state index in [0.29, 0.717) is 12.5 Å². The highest BCUT2D eigenvalue weighted by Crippen LogP contribution is 2.20. The summed E-state index contributed by atoms with van der Waals surface area (Å²) in [6.07, 6.45) is 3.96. The van der Waals surface area contributed by atoms with Crippen LogP contribution in [-0.2, 0) is 16.0 Å². The summed E-state index contributed by atoms with van der Waals surface area (Å²) in [7, 11) is 0. The molecule has 0 saturated carbocycles. The lowest BCUT2D eigenvalue weighted by Gasteiger charge is -2.19. The molecule has 0 bridgehead atoms. The molecule has 0 aliphatic carbocycles. The van der Waals surface area contributed by atoms with Gasteiger partial charge in [0.25, 0.3) is 0 Å².